The van der Waals surface area contributed by atoms with Crippen molar-refractivity contribution in [1.82, 2.24) is 8.87 Å². The zero-order chi connectivity index (χ0) is 17.9. The zero-order valence-electron chi connectivity index (χ0n) is 13.6. The first-order valence-corrected chi connectivity index (χ1v) is 9.62. The summed E-state index contributed by atoms with van der Waals surface area (Å²) in [6.07, 6.45) is 1.72. The molecule has 0 aliphatic heterocycles. The minimum absolute atomic E-state index is 0.123. The van der Waals surface area contributed by atoms with Crippen LogP contribution in [0.1, 0.15) is 24.2 Å². The molecule has 24 heavy (non-hydrogen) atoms. The lowest BCUT2D eigenvalue weighted by molar-refractivity contribution is 0.0994. The van der Waals surface area contributed by atoms with E-state index in [4.69, 9.17) is 0 Å². The van der Waals surface area contributed by atoms with Gasteiger partial charge in [-0.1, -0.05) is 13.8 Å². The number of benzene rings is 1. The summed E-state index contributed by atoms with van der Waals surface area (Å²) in [4.78, 5) is 16.4. The molecule has 1 aromatic heterocycles. The Morgan fingerprint density at radius 1 is 1.33 bits per heavy atom. The van der Waals surface area contributed by atoms with Gasteiger partial charge >= 0.3 is 0 Å². The third kappa shape index (κ3) is 3.63. The third-order valence-corrected chi connectivity index (χ3v) is 6.36. The van der Waals surface area contributed by atoms with Crippen LogP contribution in [0.25, 0.3) is 0 Å². The van der Waals surface area contributed by atoms with Crippen LogP contribution in [0.2, 0.25) is 0 Å². The van der Waals surface area contributed by atoms with Crippen molar-refractivity contribution in [1.29, 1.82) is 0 Å². The molecule has 0 N–H and O–H groups in total. The summed E-state index contributed by atoms with van der Waals surface area (Å²) in [7, 11) is -2.07. The minimum atomic E-state index is -3.77. The lowest BCUT2D eigenvalue weighted by atomic mass is 10.2. The molecule has 0 saturated carbocycles. The van der Waals surface area contributed by atoms with E-state index in [0.29, 0.717) is 4.80 Å². The summed E-state index contributed by atoms with van der Waals surface area (Å²) < 4.78 is 41.9. The fraction of sp³-hybridized carbons (Fsp3) is 0.333. The Bertz CT molecular complexity index is 912. The molecule has 130 valence electrons. The van der Waals surface area contributed by atoms with E-state index in [9.17, 15) is 17.6 Å². The van der Waals surface area contributed by atoms with Crippen LogP contribution in [0.4, 0.5) is 4.39 Å². The molecule has 0 bridgehead atoms. The van der Waals surface area contributed by atoms with Crippen molar-refractivity contribution in [2.24, 2.45) is 12.0 Å². The largest absolute Gasteiger partial charge is 0.327 e. The number of carbonyl (C=O) groups is 1. The van der Waals surface area contributed by atoms with Gasteiger partial charge in [-0.3, -0.25) is 4.79 Å². The van der Waals surface area contributed by atoms with E-state index in [1.807, 2.05) is 0 Å². The molecule has 6 nitrogen and oxygen atoms in total. The maximum Gasteiger partial charge on any atom is 0.282 e. The Hall–Kier alpha value is -1.84. The van der Waals surface area contributed by atoms with Gasteiger partial charge in [0.15, 0.2) is 4.80 Å². The van der Waals surface area contributed by atoms with Crippen molar-refractivity contribution >= 4 is 27.3 Å². The second kappa shape index (κ2) is 7.37. The van der Waals surface area contributed by atoms with E-state index >= 15 is 0 Å². The second-order valence-electron chi connectivity index (χ2n) is 4.94. The highest BCUT2D eigenvalue weighted by atomic mass is 32.2. The van der Waals surface area contributed by atoms with Gasteiger partial charge < -0.3 is 4.57 Å². The molecular formula is C15H18FN3O3S2. The first-order chi connectivity index (χ1) is 11.3. The number of rotatable bonds is 5. The number of aryl methyl sites for hydroxylation is 1. The van der Waals surface area contributed by atoms with Crippen LogP contribution in [0.5, 0.6) is 0 Å². The van der Waals surface area contributed by atoms with Crippen molar-refractivity contribution in [2.45, 2.75) is 18.7 Å². The van der Waals surface area contributed by atoms with Crippen molar-refractivity contribution in [3.05, 3.63) is 46.0 Å². The van der Waals surface area contributed by atoms with Crippen molar-refractivity contribution in [3.8, 4) is 0 Å². The van der Waals surface area contributed by atoms with Crippen LogP contribution < -0.4 is 4.80 Å². The number of hydrogen-bond acceptors (Lipinski definition) is 4. The van der Waals surface area contributed by atoms with E-state index in [-0.39, 0.29) is 23.5 Å². The molecule has 9 heteroatoms. The minimum Gasteiger partial charge on any atom is -0.327 e. The van der Waals surface area contributed by atoms with Crippen molar-refractivity contribution in [2.75, 3.05) is 13.1 Å². The summed E-state index contributed by atoms with van der Waals surface area (Å²) in [5, 5.41) is 1.74. The van der Waals surface area contributed by atoms with Gasteiger partial charge in [-0.05, 0) is 18.2 Å². The molecular weight excluding hydrogens is 353 g/mol. The van der Waals surface area contributed by atoms with Crippen molar-refractivity contribution in [3.63, 3.8) is 0 Å². The fourth-order valence-electron chi connectivity index (χ4n) is 2.12. The number of halogens is 1. The average molecular weight is 371 g/mol. The predicted octanol–water partition coefficient (Wildman–Crippen LogP) is 2.00. The second-order valence-corrected chi connectivity index (χ2v) is 7.76. The summed E-state index contributed by atoms with van der Waals surface area (Å²) in [5.74, 6) is -1.62. The van der Waals surface area contributed by atoms with Crippen LogP contribution in [0.3, 0.4) is 0 Å². The number of sulfonamides is 1. The summed E-state index contributed by atoms with van der Waals surface area (Å²) >= 11 is 1.23. The van der Waals surface area contributed by atoms with Crippen LogP contribution >= 0.6 is 11.3 Å². The Labute approximate surface area is 143 Å². The predicted molar refractivity (Wildman–Crippen MR) is 89.7 cm³/mol. The van der Waals surface area contributed by atoms with E-state index < -0.39 is 21.7 Å². The van der Waals surface area contributed by atoms with Gasteiger partial charge in [-0.2, -0.15) is 9.30 Å². The highest BCUT2D eigenvalue weighted by molar-refractivity contribution is 7.89. The molecule has 2 rings (SSSR count). The van der Waals surface area contributed by atoms with Gasteiger partial charge in [0, 0.05) is 31.7 Å². The van der Waals surface area contributed by atoms with Gasteiger partial charge in [-0.15, -0.1) is 11.3 Å². The van der Waals surface area contributed by atoms with Gasteiger partial charge in [0.1, 0.15) is 5.82 Å². The Morgan fingerprint density at radius 3 is 2.54 bits per heavy atom. The topological polar surface area (TPSA) is 71.7 Å². The van der Waals surface area contributed by atoms with E-state index in [1.165, 1.54) is 15.6 Å². The molecule has 0 aliphatic carbocycles. The van der Waals surface area contributed by atoms with Crippen LogP contribution in [0, 0.1) is 5.82 Å². The standard InChI is InChI=1S/C15H18FN3O3S2/c1-4-19(5-2)24(21,22)11-6-7-13(16)12(10-11)14(20)17-15-18(3)8-9-23-15/h6-10H,4-5H2,1-3H3. The van der Waals surface area contributed by atoms with Gasteiger partial charge in [0.2, 0.25) is 10.0 Å². The lowest BCUT2D eigenvalue weighted by Gasteiger charge is -2.18. The van der Waals surface area contributed by atoms with Crippen LogP contribution in [0.15, 0.2) is 39.7 Å². The van der Waals surface area contributed by atoms with Gasteiger partial charge in [0.25, 0.3) is 5.91 Å². The third-order valence-electron chi connectivity index (χ3n) is 3.47. The molecule has 0 radical (unpaired) electrons. The monoisotopic (exact) mass is 371 g/mol. The average Bonchev–Trinajstić information content (AvgIpc) is 2.93. The van der Waals surface area contributed by atoms with Crippen LogP contribution in [-0.4, -0.2) is 36.3 Å². The van der Waals surface area contributed by atoms with Gasteiger partial charge in [0.05, 0.1) is 10.5 Å². The van der Waals surface area contributed by atoms with Gasteiger partial charge in [-0.25, -0.2) is 12.8 Å². The summed E-state index contributed by atoms with van der Waals surface area (Å²) in [6.45, 7) is 4.00. The molecule has 1 heterocycles. The lowest BCUT2D eigenvalue weighted by Crippen LogP contribution is -2.30. The number of hydrogen-bond donors (Lipinski definition) is 0. The number of nitrogens with zero attached hydrogens (tertiary/aromatic N) is 3. The molecule has 1 aromatic carbocycles. The molecule has 0 fully saturated rings. The van der Waals surface area contributed by atoms with Crippen molar-refractivity contribution < 1.29 is 17.6 Å². The molecule has 1 amide bonds. The molecule has 0 spiro atoms. The Morgan fingerprint density at radius 2 is 2.00 bits per heavy atom. The van der Waals surface area contributed by atoms with E-state index in [0.717, 1.165) is 18.2 Å². The molecule has 0 aliphatic rings. The Kier molecular flexibility index (Phi) is 5.68. The maximum absolute atomic E-state index is 14.0. The summed E-state index contributed by atoms with van der Waals surface area (Å²) in [5.41, 5.74) is -0.364. The first kappa shape index (κ1) is 18.5. The molecule has 0 atom stereocenters. The number of carbonyl (C=O) groups excluding carboxylic acids is 1. The SMILES string of the molecule is CCN(CC)S(=O)(=O)c1ccc(F)c(C(=O)N=c2sccn2C)c1. The highest BCUT2D eigenvalue weighted by Gasteiger charge is 2.24. The normalized spacial score (nSPS) is 12.8. The maximum atomic E-state index is 14.0. The number of amides is 1. The number of aromatic nitrogens is 1. The zero-order valence-corrected chi connectivity index (χ0v) is 15.2. The fourth-order valence-corrected chi connectivity index (χ4v) is 4.34. The quantitative estimate of drug-likeness (QED) is 0.807. The van der Waals surface area contributed by atoms with Crippen LogP contribution in [-0.2, 0) is 17.1 Å². The summed E-state index contributed by atoms with van der Waals surface area (Å²) in [6, 6.07) is 3.18. The molecule has 0 saturated heterocycles. The first-order valence-electron chi connectivity index (χ1n) is 7.30. The highest BCUT2D eigenvalue weighted by Crippen LogP contribution is 2.19. The molecule has 2 aromatic rings. The smallest absolute Gasteiger partial charge is 0.282 e. The molecule has 0 unspecified atom stereocenters. The van der Waals surface area contributed by atoms with E-state index in [1.54, 1.807) is 37.0 Å². The Balaban J connectivity index is 2.50. The number of thiazole rings is 1. The van der Waals surface area contributed by atoms with E-state index in [2.05, 4.69) is 4.99 Å².